The SMILES string of the molecule is C=CCOOC(N)C=C. The van der Waals surface area contributed by atoms with Crippen LogP contribution >= 0.6 is 0 Å². The van der Waals surface area contributed by atoms with Crippen LogP contribution in [-0.4, -0.2) is 12.8 Å². The van der Waals surface area contributed by atoms with Crippen LogP contribution in [0.25, 0.3) is 0 Å². The molecule has 0 aliphatic rings. The van der Waals surface area contributed by atoms with E-state index in [-0.39, 0.29) is 0 Å². The van der Waals surface area contributed by atoms with Crippen LogP contribution in [0.1, 0.15) is 0 Å². The van der Waals surface area contributed by atoms with Crippen molar-refractivity contribution in [3.63, 3.8) is 0 Å². The van der Waals surface area contributed by atoms with Gasteiger partial charge in [-0.05, 0) is 6.08 Å². The molecule has 9 heavy (non-hydrogen) atoms. The molecule has 0 aromatic rings. The molecule has 52 valence electrons. The van der Waals surface area contributed by atoms with Crippen molar-refractivity contribution in [3.8, 4) is 0 Å². The van der Waals surface area contributed by atoms with Gasteiger partial charge in [-0.15, -0.1) is 6.58 Å². The molecule has 2 N–H and O–H groups in total. The zero-order valence-electron chi connectivity index (χ0n) is 5.25. The molecule has 1 atom stereocenters. The van der Waals surface area contributed by atoms with Gasteiger partial charge >= 0.3 is 0 Å². The molecule has 0 heterocycles. The lowest BCUT2D eigenvalue weighted by atomic mass is 10.6. The van der Waals surface area contributed by atoms with Gasteiger partial charge in [-0.25, -0.2) is 9.78 Å². The molecule has 0 saturated carbocycles. The summed E-state index contributed by atoms with van der Waals surface area (Å²) in [6.45, 7) is 7.13. The summed E-state index contributed by atoms with van der Waals surface area (Å²) in [5, 5.41) is 0. The van der Waals surface area contributed by atoms with Gasteiger partial charge in [-0.1, -0.05) is 12.7 Å². The summed E-state index contributed by atoms with van der Waals surface area (Å²) in [7, 11) is 0. The van der Waals surface area contributed by atoms with Gasteiger partial charge in [-0.2, -0.15) is 0 Å². The molecule has 1 unspecified atom stereocenters. The van der Waals surface area contributed by atoms with E-state index in [1.165, 1.54) is 6.08 Å². The number of rotatable bonds is 5. The Morgan fingerprint density at radius 3 is 2.67 bits per heavy atom. The Hall–Kier alpha value is -0.640. The number of hydrogen-bond acceptors (Lipinski definition) is 3. The van der Waals surface area contributed by atoms with Gasteiger partial charge in [0, 0.05) is 0 Å². The van der Waals surface area contributed by atoms with Crippen molar-refractivity contribution in [3.05, 3.63) is 25.3 Å². The maximum Gasteiger partial charge on any atom is 0.159 e. The van der Waals surface area contributed by atoms with E-state index < -0.39 is 6.23 Å². The molecule has 0 aromatic heterocycles. The highest BCUT2D eigenvalue weighted by atomic mass is 17.2. The second-order valence-electron chi connectivity index (χ2n) is 1.37. The third-order valence-corrected chi connectivity index (χ3v) is 0.597. The van der Waals surface area contributed by atoms with Gasteiger partial charge in [0.2, 0.25) is 0 Å². The Morgan fingerprint density at radius 2 is 2.22 bits per heavy atom. The normalized spacial score (nSPS) is 12.6. The molecule has 0 aliphatic carbocycles. The van der Waals surface area contributed by atoms with Gasteiger partial charge in [0.25, 0.3) is 0 Å². The summed E-state index contributed by atoms with van der Waals surface area (Å²) in [5.74, 6) is 0. The monoisotopic (exact) mass is 129 g/mol. The van der Waals surface area contributed by atoms with Gasteiger partial charge in [0.15, 0.2) is 6.23 Å². The van der Waals surface area contributed by atoms with E-state index in [0.717, 1.165) is 0 Å². The largest absolute Gasteiger partial charge is 0.300 e. The average molecular weight is 129 g/mol. The predicted molar refractivity (Wildman–Crippen MR) is 35.4 cm³/mol. The quantitative estimate of drug-likeness (QED) is 0.194. The third kappa shape index (κ3) is 5.23. The van der Waals surface area contributed by atoms with Crippen molar-refractivity contribution in [2.75, 3.05) is 6.61 Å². The van der Waals surface area contributed by atoms with E-state index in [0.29, 0.717) is 6.61 Å². The smallest absolute Gasteiger partial charge is 0.159 e. The zero-order chi connectivity index (χ0) is 7.11. The molecule has 3 nitrogen and oxygen atoms in total. The first-order chi connectivity index (χ1) is 4.31. The Balaban J connectivity index is 3.05. The van der Waals surface area contributed by atoms with Gasteiger partial charge in [0.05, 0.1) is 0 Å². The van der Waals surface area contributed by atoms with Crippen LogP contribution in [0.15, 0.2) is 25.3 Å². The predicted octanol–water partition coefficient (Wildman–Crippen LogP) is 0.591. The molecule has 0 spiro atoms. The third-order valence-electron chi connectivity index (χ3n) is 0.597. The summed E-state index contributed by atoms with van der Waals surface area (Å²) in [6.07, 6.45) is 2.45. The Morgan fingerprint density at radius 1 is 1.56 bits per heavy atom. The maximum atomic E-state index is 5.21. The van der Waals surface area contributed by atoms with Crippen LogP contribution in [0.2, 0.25) is 0 Å². The van der Waals surface area contributed by atoms with Crippen LogP contribution in [0, 0.1) is 0 Å². The molecule has 3 heteroatoms. The number of nitrogens with two attached hydrogens (primary N) is 1. The van der Waals surface area contributed by atoms with E-state index in [2.05, 4.69) is 22.9 Å². The first kappa shape index (κ1) is 8.36. The number of hydrogen-bond donors (Lipinski definition) is 1. The molecule has 0 bridgehead atoms. The summed E-state index contributed by atoms with van der Waals surface area (Å²) >= 11 is 0. The second kappa shape index (κ2) is 5.50. The lowest BCUT2D eigenvalue weighted by Gasteiger charge is -2.03. The lowest BCUT2D eigenvalue weighted by molar-refractivity contribution is -0.305. The zero-order valence-corrected chi connectivity index (χ0v) is 5.25. The summed E-state index contributed by atoms with van der Waals surface area (Å²) < 4.78 is 0. The fourth-order valence-corrected chi connectivity index (χ4v) is 0.205. The fraction of sp³-hybridized carbons (Fsp3) is 0.333. The average Bonchev–Trinajstić information content (AvgIpc) is 1.89. The summed E-state index contributed by atoms with van der Waals surface area (Å²) in [6, 6.07) is 0. The van der Waals surface area contributed by atoms with Crippen LogP contribution in [0.3, 0.4) is 0 Å². The van der Waals surface area contributed by atoms with Crippen LogP contribution in [0.5, 0.6) is 0 Å². The van der Waals surface area contributed by atoms with E-state index in [1.807, 2.05) is 0 Å². The maximum absolute atomic E-state index is 5.21. The van der Waals surface area contributed by atoms with Crippen molar-refractivity contribution in [1.29, 1.82) is 0 Å². The summed E-state index contributed by atoms with van der Waals surface area (Å²) in [5.41, 5.74) is 5.21. The standard InChI is InChI=1S/C6H11NO2/c1-3-5-8-9-6(7)4-2/h3-4,6H,1-2,5,7H2. The van der Waals surface area contributed by atoms with Crippen molar-refractivity contribution in [2.24, 2.45) is 5.73 Å². The molecule has 0 rings (SSSR count). The van der Waals surface area contributed by atoms with Crippen molar-refractivity contribution < 1.29 is 9.78 Å². The Kier molecular flexibility index (Phi) is 5.11. The molecule has 0 fully saturated rings. The molecule has 0 aliphatic heterocycles. The molecule has 0 saturated heterocycles. The van der Waals surface area contributed by atoms with Crippen LogP contribution < -0.4 is 5.73 Å². The highest BCUT2D eigenvalue weighted by Gasteiger charge is 1.92. The van der Waals surface area contributed by atoms with Gasteiger partial charge in [-0.3, -0.25) is 0 Å². The molecule has 0 aromatic carbocycles. The molecule has 0 amide bonds. The van der Waals surface area contributed by atoms with Gasteiger partial charge < -0.3 is 5.73 Å². The lowest BCUT2D eigenvalue weighted by Crippen LogP contribution is -2.20. The van der Waals surface area contributed by atoms with Crippen molar-refractivity contribution in [2.45, 2.75) is 6.23 Å². The molecular formula is C6H11NO2. The Labute approximate surface area is 54.7 Å². The van der Waals surface area contributed by atoms with Crippen LogP contribution in [0.4, 0.5) is 0 Å². The fourth-order valence-electron chi connectivity index (χ4n) is 0.205. The minimum absolute atomic E-state index is 0.335. The Bertz CT molecular complexity index is 93.1. The van der Waals surface area contributed by atoms with E-state index in [1.54, 1.807) is 6.08 Å². The first-order valence-corrected chi connectivity index (χ1v) is 2.58. The van der Waals surface area contributed by atoms with Crippen LogP contribution in [-0.2, 0) is 9.78 Å². The van der Waals surface area contributed by atoms with E-state index >= 15 is 0 Å². The topological polar surface area (TPSA) is 44.5 Å². The minimum atomic E-state index is -0.551. The minimum Gasteiger partial charge on any atom is -0.300 e. The van der Waals surface area contributed by atoms with Crippen molar-refractivity contribution >= 4 is 0 Å². The van der Waals surface area contributed by atoms with E-state index in [9.17, 15) is 0 Å². The summed E-state index contributed by atoms with van der Waals surface area (Å²) in [4.78, 5) is 9.04. The van der Waals surface area contributed by atoms with E-state index in [4.69, 9.17) is 5.73 Å². The highest BCUT2D eigenvalue weighted by Crippen LogP contribution is 1.84. The molecular weight excluding hydrogens is 118 g/mol. The highest BCUT2D eigenvalue weighted by molar-refractivity contribution is 4.72. The first-order valence-electron chi connectivity index (χ1n) is 2.58. The van der Waals surface area contributed by atoms with Crippen molar-refractivity contribution in [1.82, 2.24) is 0 Å². The van der Waals surface area contributed by atoms with Gasteiger partial charge in [0.1, 0.15) is 6.61 Å². The second-order valence-corrected chi connectivity index (χ2v) is 1.37. The molecule has 0 radical (unpaired) electrons.